The molecule has 1 N–H and O–H groups in total. The van der Waals surface area contributed by atoms with Gasteiger partial charge in [-0.1, -0.05) is 18.9 Å². The Hall–Kier alpha value is -1.49. The molecule has 1 aromatic rings. The van der Waals surface area contributed by atoms with Crippen molar-refractivity contribution >= 4 is 24.7 Å². The number of hydrogen-bond acceptors (Lipinski definition) is 4. The standard InChI is InChI=1S/C11H13NO3S/c1-6-4-7(2)9(11(14)15-3)5-8(6)10(13)12-16/h4-5,16H,1-3H3,(H,12,13). The number of rotatable bonds is 2. The molecule has 0 aliphatic rings. The topological polar surface area (TPSA) is 55.4 Å². The summed E-state index contributed by atoms with van der Waals surface area (Å²) in [4.78, 5) is 22.9. The summed E-state index contributed by atoms with van der Waals surface area (Å²) in [6.45, 7) is 3.59. The predicted molar refractivity (Wildman–Crippen MR) is 63.7 cm³/mol. The van der Waals surface area contributed by atoms with E-state index in [1.807, 2.05) is 0 Å². The van der Waals surface area contributed by atoms with Gasteiger partial charge in [0.1, 0.15) is 0 Å². The Morgan fingerprint density at radius 2 is 1.75 bits per heavy atom. The molecule has 0 unspecified atom stereocenters. The van der Waals surface area contributed by atoms with Gasteiger partial charge in [-0.05, 0) is 31.0 Å². The van der Waals surface area contributed by atoms with Crippen LogP contribution in [0.3, 0.4) is 0 Å². The minimum absolute atomic E-state index is 0.342. The Morgan fingerprint density at radius 3 is 2.25 bits per heavy atom. The number of nitrogens with one attached hydrogen (secondary N) is 1. The van der Waals surface area contributed by atoms with Crippen molar-refractivity contribution in [2.75, 3.05) is 7.11 Å². The molecule has 16 heavy (non-hydrogen) atoms. The fourth-order valence-electron chi connectivity index (χ4n) is 1.49. The Labute approximate surface area is 99.5 Å². The molecule has 1 amide bonds. The van der Waals surface area contributed by atoms with Crippen LogP contribution in [-0.4, -0.2) is 19.0 Å². The highest BCUT2D eigenvalue weighted by atomic mass is 32.1. The van der Waals surface area contributed by atoms with Crippen LogP contribution in [0, 0.1) is 13.8 Å². The van der Waals surface area contributed by atoms with Crippen molar-refractivity contribution in [3.05, 3.63) is 34.4 Å². The van der Waals surface area contributed by atoms with Crippen molar-refractivity contribution in [3.8, 4) is 0 Å². The maximum Gasteiger partial charge on any atom is 0.338 e. The zero-order chi connectivity index (χ0) is 12.3. The molecule has 0 bridgehead atoms. The van der Waals surface area contributed by atoms with Crippen molar-refractivity contribution in [2.45, 2.75) is 13.8 Å². The summed E-state index contributed by atoms with van der Waals surface area (Å²) in [5.41, 5.74) is 2.37. The first-order valence-electron chi connectivity index (χ1n) is 4.65. The smallest absolute Gasteiger partial charge is 0.338 e. The van der Waals surface area contributed by atoms with Crippen LogP contribution in [-0.2, 0) is 4.74 Å². The van der Waals surface area contributed by atoms with E-state index in [4.69, 9.17) is 0 Å². The van der Waals surface area contributed by atoms with Gasteiger partial charge in [-0.15, -0.1) is 0 Å². The Kier molecular flexibility index (Phi) is 3.95. The molecule has 0 aliphatic carbocycles. The monoisotopic (exact) mass is 239 g/mol. The predicted octanol–water partition coefficient (Wildman–Crippen LogP) is 1.66. The van der Waals surface area contributed by atoms with Gasteiger partial charge in [-0.2, -0.15) is 0 Å². The summed E-state index contributed by atoms with van der Waals surface area (Å²) in [6.07, 6.45) is 0. The van der Waals surface area contributed by atoms with E-state index in [0.717, 1.165) is 11.1 Å². The number of ether oxygens (including phenoxy) is 1. The fourth-order valence-corrected chi connectivity index (χ4v) is 1.61. The third kappa shape index (κ3) is 2.36. The first kappa shape index (κ1) is 12.6. The highest BCUT2D eigenvalue weighted by molar-refractivity contribution is 7.78. The molecule has 0 saturated heterocycles. The van der Waals surface area contributed by atoms with Gasteiger partial charge in [0, 0.05) is 5.56 Å². The van der Waals surface area contributed by atoms with Crippen LogP contribution in [0.4, 0.5) is 0 Å². The maximum atomic E-state index is 11.5. The molecule has 0 spiro atoms. The molecule has 4 nitrogen and oxygen atoms in total. The van der Waals surface area contributed by atoms with Crippen molar-refractivity contribution < 1.29 is 14.3 Å². The van der Waals surface area contributed by atoms with Crippen LogP contribution in [0.2, 0.25) is 0 Å². The zero-order valence-electron chi connectivity index (χ0n) is 9.33. The Balaban J connectivity index is 3.32. The van der Waals surface area contributed by atoms with Crippen LogP contribution in [0.15, 0.2) is 12.1 Å². The zero-order valence-corrected chi connectivity index (χ0v) is 10.2. The van der Waals surface area contributed by atoms with Gasteiger partial charge in [0.15, 0.2) is 0 Å². The molecule has 86 valence electrons. The molecule has 5 heteroatoms. The van der Waals surface area contributed by atoms with E-state index in [1.54, 1.807) is 19.9 Å². The number of amides is 1. The van der Waals surface area contributed by atoms with E-state index >= 15 is 0 Å². The maximum absolute atomic E-state index is 11.5. The number of carbonyl (C=O) groups excluding carboxylic acids is 2. The van der Waals surface area contributed by atoms with E-state index in [2.05, 4.69) is 22.3 Å². The van der Waals surface area contributed by atoms with Crippen molar-refractivity contribution in [2.24, 2.45) is 0 Å². The van der Waals surface area contributed by atoms with Gasteiger partial charge in [0.05, 0.1) is 12.7 Å². The number of benzene rings is 1. The summed E-state index contributed by atoms with van der Waals surface area (Å²) in [5, 5.41) is 0. The minimum atomic E-state index is -0.453. The van der Waals surface area contributed by atoms with Crippen molar-refractivity contribution in [3.63, 3.8) is 0 Å². The van der Waals surface area contributed by atoms with Gasteiger partial charge >= 0.3 is 5.97 Å². The highest BCUT2D eigenvalue weighted by Gasteiger charge is 2.15. The first-order chi connectivity index (χ1) is 7.51. The van der Waals surface area contributed by atoms with E-state index in [-0.39, 0.29) is 5.91 Å². The lowest BCUT2D eigenvalue weighted by molar-refractivity contribution is 0.0600. The van der Waals surface area contributed by atoms with E-state index in [1.165, 1.54) is 13.2 Å². The molecule has 0 aromatic heterocycles. The van der Waals surface area contributed by atoms with Crippen LogP contribution in [0.5, 0.6) is 0 Å². The number of esters is 1. The van der Waals surface area contributed by atoms with E-state index in [9.17, 15) is 9.59 Å². The van der Waals surface area contributed by atoms with Crippen LogP contribution >= 0.6 is 12.8 Å². The third-order valence-corrected chi connectivity index (χ3v) is 2.53. The van der Waals surface area contributed by atoms with Crippen LogP contribution in [0.25, 0.3) is 0 Å². The average molecular weight is 239 g/mol. The van der Waals surface area contributed by atoms with Gasteiger partial charge in [0.25, 0.3) is 5.91 Å². The summed E-state index contributed by atoms with van der Waals surface area (Å²) in [6, 6.07) is 3.28. The molecule has 0 radical (unpaired) electrons. The molecular formula is C11H13NO3S. The lowest BCUT2D eigenvalue weighted by Gasteiger charge is -2.09. The molecule has 0 saturated carbocycles. The minimum Gasteiger partial charge on any atom is -0.465 e. The summed E-state index contributed by atoms with van der Waals surface area (Å²) >= 11 is 3.69. The number of hydrogen-bond donors (Lipinski definition) is 2. The molecule has 0 aliphatic heterocycles. The number of carbonyl (C=O) groups is 2. The van der Waals surface area contributed by atoms with Crippen LogP contribution in [0.1, 0.15) is 31.8 Å². The van der Waals surface area contributed by atoms with Gasteiger partial charge in [-0.3, -0.25) is 9.52 Å². The summed E-state index contributed by atoms with van der Waals surface area (Å²) in [7, 11) is 1.31. The Bertz CT molecular complexity index is 406. The summed E-state index contributed by atoms with van der Waals surface area (Å²) in [5.74, 6) is -0.795. The number of thiol groups is 1. The molecule has 0 fully saturated rings. The second-order valence-electron chi connectivity index (χ2n) is 3.41. The van der Waals surface area contributed by atoms with Crippen molar-refractivity contribution in [1.29, 1.82) is 0 Å². The van der Waals surface area contributed by atoms with Gasteiger partial charge < -0.3 is 4.74 Å². The average Bonchev–Trinajstić information content (AvgIpc) is 2.27. The SMILES string of the molecule is COC(=O)c1cc(C(=O)NS)c(C)cc1C. The Morgan fingerprint density at radius 1 is 1.19 bits per heavy atom. The van der Waals surface area contributed by atoms with E-state index < -0.39 is 5.97 Å². The normalized spacial score (nSPS) is 9.75. The van der Waals surface area contributed by atoms with Gasteiger partial charge in [0.2, 0.25) is 0 Å². The highest BCUT2D eigenvalue weighted by Crippen LogP contribution is 2.17. The van der Waals surface area contributed by atoms with E-state index in [0.29, 0.717) is 11.1 Å². The molecule has 1 aromatic carbocycles. The largest absolute Gasteiger partial charge is 0.465 e. The lowest BCUT2D eigenvalue weighted by Crippen LogP contribution is -2.16. The van der Waals surface area contributed by atoms with Crippen molar-refractivity contribution in [1.82, 2.24) is 4.72 Å². The molecule has 0 atom stereocenters. The second kappa shape index (κ2) is 5.03. The van der Waals surface area contributed by atoms with Crippen LogP contribution < -0.4 is 4.72 Å². The first-order valence-corrected chi connectivity index (χ1v) is 5.10. The quantitative estimate of drug-likeness (QED) is 0.609. The number of aryl methyl sites for hydroxylation is 2. The third-order valence-electron chi connectivity index (χ3n) is 2.32. The number of methoxy groups -OCH3 is 1. The lowest BCUT2D eigenvalue weighted by atomic mass is 9.99. The van der Waals surface area contributed by atoms with Gasteiger partial charge in [-0.25, -0.2) is 4.79 Å². The fraction of sp³-hybridized carbons (Fsp3) is 0.273. The molecular weight excluding hydrogens is 226 g/mol. The molecule has 0 heterocycles. The molecule has 1 rings (SSSR count). The second-order valence-corrected chi connectivity index (χ2v) is 3.64. The summed E-state index contributed by atoms with van der Waals surface area (Å²) < 4.78 is 6.86.